The molecular weight excluding hydrogens is 403 g/mol. The standard InChI is InChI=1S/C22H27FN4O4/c1-13-19(26(3)4)6-5-7-20(29)21(13)25-18-9-8-15(10-17(18)23)27-12-16(31-22(27)30)11-24-14(2)28/h5-10,13,16,21,25H,11-12H2,1-4H3,(H,24,28)/t13?,16-,21?/m0/s1. The van der Waals surface area contributed by atoms with Gasteiger partial charge in [-0.1, -0.05) is 13.0 Å². The van der Waals surface area contributed by atoms with Crippen LogP contribution in [0.5, 0.6) is 0 Å². The van der Waals surface area contributed by atoms with Gasteiger partial charge in [-0.15, -0.1) is 0 Å². The van der Waals surface area contributed by atoms with E-state index in [0.29, 0.717) is 5.69 Å². The van der Waals surface area contributed by atoms with Crippen molar-refractivity contribution in [3.8, 4) is 0 Å². The molecule has 0 aromatic heterocycles. The lowest BCUT2D eigenvalue weighted by molar-refractivity contribution is -0.119. The van der Waals surface area contributed by atoms with E-state index in [-0.39, 0.29) is 36.4 Å². The number of amides is 2. The van der Waals surface area contributed by atoms with Gasteiger partial charge in [-0.05, 0) is 30.4 Å². The van der Waals surface area contributed by atoms with Crippen molar-refractivity contribution in [1.29, 1.82) is 0 Å². The van der Waals surface area contributed by atoms with Gasteiger partial charge in [-0.25, -0.2) is 9.18 Å². The van der Waals surface area contributed by atoms with Crippen molar-refractivity contribution in [1.82, 2.24) is 10.2 Å². The summed E-state index contributed by atoms with van der Waals surface area (Å²) >= 11 is 0. The highest BCUT2D eigenvalue weighted by Gasteiger charge is 2.33. The summed E-state index contributed by atoms with van der Waals surface area (Å²) in [5, 5.41) is 5.62. The highest BCUT2D eigenvalue weighted by molar-refractivity contribution is 5.97. The summed E-state index contributed by atoms with van der Waals surface area (Å²) in [6, 6.07) is 3.70. The molecule has 3 atom stereocenters. The van der Waals surface area contributed by atoms with Crippen LogP contribution < -0.4 is 15.5 Å². The molecule has 1 aromatic carbocycles. The highest BCUT2D eigenvalue weighted by atomic mass is 19.1. The van der Waals surface area contributed by atoms with Crippen LogP contribution in [0.1, 0.15) is 13.8 Å². The van der Waals surface area contributed by atoms with Crippen molar-refractivity contribution in [2.75, 3.05) is 37.4 Å². The Morgan fingerprint density at radius 1 is 1.32 bits per heavy atom. The zero-order valence-corrected chi connectivity index (χ0v) is 18.0. The van der Waals surface area contributed by atoms with Crippen molar-refractivity contribution in [2.24, 2.45) is 5.92 Å². The Morgan fingerprint density at radius 2 is 2.06 bits per heavy atom. The van der Waals surface area contributed by atoms with E-state index in [1.807, 2.05) is 32.0 Å². The summed E-state index contributed by atoms with van der Waals surface area (Å²) in [5.74, 6) is -1.13. The molecule has 1 saturated heterocycles. The molecule has 1 aromatic rings. The van der Waals surface area contributed by atoms with E-state index in [1.165, 1.54) is 30.0 Å². The molecule has 1 aliphatic heterocycles. The van der Waals surface area contributed by atoms with E-state index in [2.05, 4.69) is 10.6 Å². The van der Waals surface area contributed by atoms with Crippen LogP contribution in [0.15, 0.2) is 42.1 Å². The Balaban J connectivity index is 1.74. The number of carbonyl (C=O) groups is 3. The van der Waals surface area contributed by atoms with Crippen molar-refractivity contribution < 1.29 is 23.5 Å². The Kier molecular flexibility index (Phi) is 6.62. The zero-order chi connectivity index (χ0) is 22.7. The topological polar surface area (TPSA) is 91.0 Å². The SMILES string of the molecule is CC(=O)NC[C@H]1CN(c2ccc(NC3C(=O)C=CC=C(N(C)C)C3C)c(F)c2)C(=O)O1. The third-order valence-corrected chi connectivity index (χ3v) is 5.35. The number of anilines is 2. The van der Waals surface area contributed by atoms with Gasteiger partial charge in [0.25, 0.3) is 0 Å². The van der Waals surface area contributed by atoms with Gasteiger partial charge in [-0.3, -0.25) is 14.5 Å². The van der Waals surface area contributed by atoms with Crippen molar-refractivity contribution in [3.63, 3.8) is 0 Å². The summed E-state index contributed by atoms with van der Waals surface area (Å²) in [6.45, 7) is 3.68. The minimum Gasteiger partial charge on any atom is -0.442 e. The third kappa shape index (κ3) is 5.04. The number of rotatable bonds is 6. The molecule has 2 N–H and O–H groups in total. The number of allylic oxidation sites excluding steroid dienone is 2. The Hall–Kier alpha value is -3.36. The van der Waals surface area contributed by atoms with Gasteiger partial charge >= 0.3 is 6.09 Å². The molecule has 0 saturated carbocycles. The van der Waals surface area contributed by atoms with Gasteiger partial charge in [0, 0.05) is 32.6 Å². The summed E-state index contributed by atoms with van der Waals surface area (Å²) in [6.07, 6.45) is 3.94. The smallest absolute Gasteiger partial charge is 0.414 e. The maximum Gasteiger partial charge on any atom is 0.414 e. The second-order valence-electron chi connectivity index (χ2n) is 7.88. The van der Waals surface area contributed by atoms with Crippen LogP contribution in [0, 0.1) is 11.7 Å². The molecule has 2 amide bonds. The Labute approximate surface area is 180 Å². The fourth-order valence-electron chi connectivity index (χ4n) is 3.72. The predicted octanol–water partition coefficient (Wildman–Crippen LogP) is 2.29. The number of nitrogens with zero attached hydrogens (tertiary/aromatic N) is 2. The van der Waals surface area contributed by atoms with Crippen LogP contribution in [0.2, 0.25) is 0 Å². The average Bonchev–Trinajstić information content (AvgIpc) is 3.01. The molecule has 8 nitrogen and oxygen atoms in total. The van der Waals surface area contributed by atoms with E-state index >= 15 is 0 Å². The fourth-order valence-corrected chi connectivity index (χ4v) is 3.72. The highest BCUT2D eigenvalue weighted by Crippen LogP contribution is 2.29. The van der Waals surface area contributed by atoms with Gasteiger partial charge < -0.3 is 20.3 Å². The molecule has 9 heteroatoms. The van der Waals surface area contributed by atoms with Crippen molar-refractivity contribution >= 4 is 29.2 Å². The van der Waals surface area contributed by atoms with Gasteiger partial charge in [0.05, 0.1) is 30.5 Å². The van der Waals surface area contributed by atoms with E-state index < -0.39 is 24.1 Å². The largest absolute Gasteiger partial charge is 0.442 e. The van der Waals surface area contributed by atoms with Crippen molar-refractivity contribution in [2.45, 2.75) is 26.0 Å². The molecule has 1 fully saturated rings. The first-order valence-electron chi connectivity index (χ1n) is 10.1. The first kappa shape index (κ1) is 22.3. The van der Waals surface area contributed by atoms with Gasteiger partial charge in [0.15, 0.2) is 5.78 Å². The first-order chi connectivity index (χ1) is 14.7. The third-order valence-electron chi connectivity index (χ3n) is 5.35. The van der Waals surface area contributed by atoms with E-state index in [9.17, 15) is 18.8 Å². The lowest BCUT2D eigenvalue weighted by Gasteiger charge is -2.29. The fraction of sp³-hybridized carbons (Fsp3) is 0.409. The summed E-state index contributed by atoms with van der Waals surface area (Å²) in [7, 11) is 3.79. The van der Waals surface area contributed by atoms with Gasteiger partial charge in [0.1, 0.15) is 11.9 Å². The normalized spacial score (nSPS) is 23.2. The number of carbonyl (C=O) groups excluding carboxylic acids is 3. The van der Waals surface area contributed by atoms with Crippen molar-refractivity contribution in [3.05, 3.63) is 47.9 Å². The van der Waals surface area contributed by atoms with E-state index in [4.69, 9.17) is 4.74 Å². The number of benzene rings is 1. The minimum absolute atomic E-state index is 0.145. The molecule has 31 heavy (non-hydrogen) atoms. The van der Waals surface area contributed by atoms with Crippen LogP contribution in [-0.2, 0) is 14.3 Å². The van der Waals surface area contributed by atoms with E-state index in [0.717, 1.165) is 5.70 Å². The maximum absolute atomic E-state index is 14.9. The molecule has 2 unspecified atom stereocenters. The molecule has 0 spiro atoms. The molecule has 1 heterocycles. The molecule has 0 radical (unpaired) electrons. The number of halogens is 1. The van der Waals surface area contributed by atoms with Crippen LogP contribution >= 0.6 is 0 Å². The molecule has 3 rings (SSSR count). The van der Waals surface area contributed by atoms with Crippen LogP contribution in [0.25, 0.3) is 0 Å². The molecule has 2 aliphatic rings. The molecule has 1 aliphatic carbocycles. The number of ketones is 1. The van der Waals surface area contributed by atoms with Gasteiger partial charge in [0.2, 0.25) is 5.91 Å². The summed E-state index contributed by atoms with van der Waals surface area (Å²) in [5.41, 5.74) is 1.46. The monoisotopic (exact) mass is 430 g/mol. The van der Waals surface area contributed by atoms with E-state index in [1.54, 1.807) is 12.1 Å². The molecule has 0 bridgehead atoms. The number of nitrogens with one attached hydrogen (secondary N) is 2. The lowest BCUT2D eigenvalue weighted by Crippen LogP contribution is -2.38. The van der Waals surface area contributed by atoms with Crippen LogP contribution in [0.4, 0.5) is 20.6 Å². The molecular formula is C22H27FN4O4. The number of ether oxygens (including phenoxy) is 1. The second kappa shape index (κ2) is 9.20. The second-order valence-corrected chi connectivity index (χ2v) is 7.88. The average molecular weight is 430 g/mol. The van der Waals surface area contributed by atoms with Crippen LogP contribution in [-0.4, -0.2) is 62.0 Å². The zero-order valence-electron chi connectivity index (χ0n) is 18.0. The number of hydrogen-bond donors (Lipinski definition) is 2. The summed E-state index contributed by atoms with van der Waals surface area (Å²) in [4.78, 5) is 39.0. The quantitative estimate of drug-likeness (QED) is 0.720. The number of hydrogen-bond acceptors (Lipinski definition) is 6. The Morgan fingerprint density at radius 3 is 2.71 bits per heavy atom. The number of cyclic esters (lactones) is 1. The van der Waals surface area contributed by atoms with Gasteiger partial charge in [-0.2, -0.15) is 0 Å². The molecule has 166 valence electrons. The first-order valence-corrected chi connectivity index (χ1v) is 10.1. The Bertz CT molecular complexity index is 943. The minimum atomic E-state index is -0.633. The summed E-state index contributed by atoms with van der Waals surface area (Å²) < 4.78 is 20.1. The maximum atomic E-state index is 14.9. The lowest BCUT2D eigenvalue weighted by atomic mass is 9.94. The van der Waals surface area contributed by atoms with Crippen LogP contribution in [0.3, 0.4) is 0 Å². The predicted molar refractivity (Wildman–Crippen MR) is 115 cm³/mol.